The first-order valence-electron chi connectivity index (χ1n) is 8.10. The molecule has 0 aromatic heterocycles. The molecule has 0 nitrogen and oxygen atoms in total. The molecule has 0 aliphatic heterocycles. The van der Waals surface area contributed by atoms with E-state index in [0.29, 0.717) is 0 Å². The van der Waals surface area contributed by atoms with Gasteiger partial charge >= 0.3 is 0 Å². The van der Waals surface area contributed by atoms with Gasteiger partial charge < -0.3 is 0 Å². The molecule has 0 unspecified atom stereocenters. The number of rotatable bonds is 13. The van der Waals surface area contributed by atoms with Crippen LogP contribution in [0.4, 0.5) is 0 Å². The molecule has 1 radical (unpaired) electrons. The summed E-state index contributed by atoms with van der Waals surface area (Å²) >= 11 is 0. The van der Waals surface area contributed by atoms with Gasteiger partial charge in [-0.05, 0) is 13.3 Å². The maximum atomic E-state index is 3.88. The van der Waals surface area contributed by atoms with Crippen LogP contribution in [-0.4, -0.2) is 0 Å². The fraction of sp³-hybridized carbons (Fsp3) is 0.833. The molecule has 0 atom stereocenters. The van der Waals surface area contributed by atoms with Crippen LogP contribution in [-0.2, 0) is 0 Å². The Hall–Kier alpha value is -0.440. The van der Waals surface area contributed by atoms with Crippen molar-refractivity contribution < 1.29 is 0 Å². The zero-order valence-electron chi connectivity index (χ0n) is 12.6. The van der Waals surface area contributed by atoms with Gasteiger partial charge in [-0.3, -0.25) is 0 Å². The molecule has 0 spiro atoms. The third-order valence-electron chi connectivity index (χ3n) is 3.48. The zero-order chi connectivity index (χ0) is 13.3. The maximum absolute atomic E-state index is 3.88. The van der Waals surface area contributed by atoms with E-state index in [9.17, 15) is 0 Å². The van der Waals surface area contributed by atoms with Crippen molar-refractivity contribution in [1.29, 1.82) is 0 Å². The lowest BCUT2D eigenvalue weighted by atomic mass is 10.0. The smallest absolute Gasteiger partial charge is 0.00885 e. The summed E-state index contributed by atoms with van der Waals surface area (Å²) in [6, 6.07) is 0. The molecule has 0 aliphatic carbocycles. The average molecular weight is 249 g/mol. The predicted molar refractivity (Wildman–Crippen MR) is 83.4 cm³/mol. The van der Waals surface area contributed by atoms with Gasteiger partial charge in [0.05, 0.1) is 0 Å². The number of hydrogen-bond acceptors (Lipinski definition) is 0. The molecule has 105 valence electrons. The molecule has 0 amide bonds. The monoisotopic (exact) mass is 249 g/mol. The topological polar surface area (TPSA) is 0 Å². The van der Waals surface area contributed by atoms with Gasteiger partial charge in [-0.25, -0.2) is 0 Å². The van der Waals surface area contributed by atoms with Gasteiger partial charge in [-0.1, -0.05) is 84.0 Å². The molecule has 0 N–H and O–H groups in total. The van der Waals surface area contributed by atoms with Crippen molar-refractivity contribution in [2.75, 3.05) is 0 Å². The van der Waals surface area contributed by atoms with E-state index >= 15 is 0 Å². The molecule has 0 saturated carbocycles. The second-order valence-electron chi connectivity index (χ2n) is 5.27. The minimum Gasteiger partial charge on any atom is -0.107 e. The molecular weight excluding hydrogens is 216 g/mol. The van der Waals surface area contributed by atoms with Crippen LogP contribution in [0.2, 0.25) is 0 Å². The van der Waals surface area contributed by atoms with E-state index in [-0.39, 0.29) is 0 Å². The van der Waals surface area contributed by atoms with E-state index in [2.05, 4.69) is 18.8 Å². The lowest BCUT2D eigenvalue weighted by molar-refractivity contribution is 0.542. The van der Waals surface area contributed by atoms with Gasteiger partial charge in [0.1, 0.15) is 0 Å². The first-order valence-corrected chi connectivity index (χ1v) is 8.10. The number of hydrogen-bond donors (Lipinski definition) is 0. The minimum atomic E-state index is 1.10. The Morgan fingerprint density at radius 3 is 1.39 bits per heavy atom. The second-order valence-corrected chi connectivity index (χ2v) is 5.27. The highest BCUT2D eigenvalue weighted by molar-refractivity contribution is 4.94. The van der Waals surface area contributed by atoms with E-state index in [1.807, 2.05) is 6.92 Å². The van der Waals surface area contributed by atoms with Gasteiger partial charge in [-0.15, -0.1) is 11.8 Å². The molecule has 18 heavy (non-hydrogen) atoms. The Labute approximate surface area is 116 Å². The van der Waals surface area contributed by atoms with Crippen molar-refractivity contribution >= 4 is 0 Å². The van der Waals surface area contributed by atoms with E-state index < -0.39 is 0 Å². The third kappa shape index (κ3) is 15.6. The Kier molecular flexibility index (Phi) is 16.2. The number of unbranched alkanes of at least 4 members (excludes halogenated alkanes) is 13. The van der Waals surface area contributed by atoms with Crippen LogP contribution in [0, 0.1) is 18.8 Å². The first kappa shape index (κ1) is 17.6. The van der Waals surface area contributed by atoms with E-state index in [0.717, 1.165) is 12.8 Å². The summed E-state index contributed by atoms with van der Waals surface area (Å²) < 4.78 is 0. The predicted octanol–water partition coefficient (Wildman–Crippen LogP) is 6.31. The second kappa shape index (κ2) is 16.6. The molecule has 0 saturated heterocycles. The van der Waals surface area contributed by atoms with Crippen LogP contribution in [0.25, 0.3) is 0 Å². The molecule has 0 heterocycles. The summed E-state index contributed by atoms with van der Waals surface area (Å²) in [6.45, 7) is 5.81. The highest BCUT2D eigenvalue weighted by Gasteiger charge is 1.93. The average Bonchev–Trinajstić information content (AvgIpc) is 2.39. The standard InChI is InChI=1S/C18H33/c1-3-5-7-9-11-13-15-17-18-16-14-12-10-8-6-4-2/h1,3,5,7-18H2,2H3. The van der Waals surface area contributed by atoms with Crippen molar-refractivity contribution in [1.82, 2.24) is 0 Å². The molecule has 0 fully saturated rings. The Morgan fingerprint density at radius 1 is 0.611 bits per heavy atom. The van der Waals surface area contributed by atoms with Crippen LogP contribution in [0.3, 0.4) is 0 Å². The van der Waals surface area contributed by atoms with Gasteiger partial charge in [0.15, 0.2) is 0 Å². The first-order chi connectivity index (χ1) is 8.91. The zero-order valence-corrected chi connectivity index (χ0v) is 12.6. The van der Waals surface area contributed by atoms with Crippen molar-refractivity contribution in [3.63, 3.8) is 0 Å². The Balaban J connectivity index is 2.92. The van der Waals surface area contributed by atoms with Crippen molar-refractivity contribution in [2.24, 2.45) is 0 Å². The van der Waals surface area contributed by atoms with E-state index in [1.165, 1.54) is 77.0 Å². The fourth-order valence-corrected chi connectivity index (χ4v) is 2.28. The molecular formula is C18H33. The normalized spacial score (nSPS) is 10.1. The molecule has 0 bridgehead atoms. The van der Waals surface area contributed by atoms with Crippen LogP contribution < -0.4 is 0 Å². The summed E-state index contributed by atoms with van der Waals surface area (Å²) in [6.07, 6.45) is 19.1. The maximum Gasteiger partial charge on any atom is 0.00885 e. The Bertz CT molecular complexity index is 194. The summed E-state index contributed by atoms with van der Waals surface area (Å²) in [4.78, 5) is 0. The van der Waals surface area contributed by atoms with E-state index in [4.69, 9.17) is 0 Å². The highest BCUT2D eigenvalue weighted by atomic mass is 14.0. The quantitative estimate of drug-likeness (QED) is 0.265. The molecule has 0 aromatic rings. The third-order valence-corrected chi connectivity index (χ3v) is 3.48. The van der Waals surface area contributed by atoms with Crippen LogP contribution >= 0.6 is 0 Å². The van der Waals surface area contributed by atoms with Gasteiger partial charge in [0, 0.05) is 6.42 Å². The van der Waals surface area contributed by atoms with E-state index in [1.54, 1.807) is 0 Å². The van der Waals surface area contributed by atoms with Crippen LogP contribution in [0.15, 0.2) is 0 Å². The summed E-state index contributed by atoms with van der Waals surface area (Å²) in [5.74, 6) is 6.09. The molecule has 0 heteroatoms. The van der Waals surface area contributed by atoms with Gasteiger partial charge in [0.25, 0.3) is 0 Å². The summed E-state index contributed by atoms with van der Waals surface area (Å²) in [5.41, 5.74) is 0. The largest absolute Gasteiger partial charge is 0.107 e. The minimum absolute atomic E-state index is 1.10. The lowest BCUT2D eigenvalue weighted by Crippen LogP contribution is -1.82. The highest BCUT2D eigenvalue weighted by Crippen LogP contribution is 2.12. The van der Waals surface area contributed by atoms with Gasteiger partial charge in [-0.2, -0.15) is 0 Å². The molecule has 0 aliphatic rings. The Morgan fingerprint density at radius 2 is 1.00 bits per heavy atom. The lowest BCUT2D eigenvalue weighted by Gasteiger charge is -2.02. The van der Waals surface area contributed by atoms with Gasteiger partial charge in [0.2, 0.25) is 0 Å². The summed E-state index contributed by atoms with van der Waals surface area (Å²) in [7, 11) is 0. The van der Waals surface area contributed by atoms with Crippen LogP contribution in [0.1, 0.15) is 96.8 Å². The molecule has 0 rings (SSSR count). The fourth-order valence-electron chi connectivity index (χ4n) is 2.28. The van der Waals surface area contributed by atoms with Crippen molar-refractivity contribution in [3.8, 4) is 11.8 Å². The van der Waals surface area contributed by atoms with Crippen molar-refractivity contribution in [3.05, 3.63) is 6.92 Å². The van der Waals surface area contributed by atoms with Crippen molar-refractivity contribution in [2.45, 2.75) is 96.8 Å². The molecule has 0 aromatic carbocycles. The van der Waals surface area contributed by atoms with Crippen LogP contribution in [0.5, 0.6) is 0 Å². The summed E-state index contributed by atoms with van der Waals surface area (Å²) in [5, 5.41) is 0. The SMILES string of the molecule is [CH2]CCCCCCCCCCCCCCC#CC.